The number of rotatable bonds is 3. The van der Waals surface area contributed by atoms with Crippen LogP contribution in [0, 0.1) is 0 Å². The SMILES string of the molecule is CCOc1nc(=O)n(C(C)C)c(=O)n1C. The lowest BCUT2D eigenvalue weighted by Gasteiger charge is -2.12. The molecule has 0 spiro atoms. The molecule has 1 aromatic heterocycles. The molecule has 1 rings (SSSR count). The molecule has 0 radical (unpaired) electrons. The quantitative estimate of drug-likeness (QED) is 0.704. The smallest absolute Gasteiger partial charge is 0.356 e. The van der Waals surface area contributed by atoms with Crippen molar-refractivity contribution in [2.45, 2.75) is 26.8 Å². The Kier molecular flexibility index (Phi) is 3.28. The van der Waals surface area contributed by atoms with Gasteiger partial charge in [0.25, 0.3) is 0 Å². The molecule has 0 aliphatic carbocycles. The molecule has 0 amide bonds. The number of hydrogen-bond acceptors (Lipinski definition) is 4. The zero-order valence-corrected chi connectivity index (χ0v) is 9.35. The number of nitrogens with zero attached hydrogens (tertiary/aromatic N) is 3. The molecule has 6 heteroatoms. The van der Waals surface area contributed by atoms with Crippen LogP contribution in [0.4, 0.5) is 0 Å². The summed E-state index contributed by atoms with van der Waals surface area (Å²) >= 11 is 0. The van der Waals surface area contributed by atoms with Crippen LogP contribution >= 0.6 is 0 Å². The highest BCUT2D eigenvalue weighted by Gasteiger charge is 2.12. The molecule has 84 valence electrons. The van der Waals surface area contributed by atoms with E-state index in [2.05, 4.69) is 4.98 Å². The highest BCUT2D eigenvalue weighted by atomic mass is 16.5. The van der Waals surface area contributed by atoms with Crippen LogP contribution in [0.15, 0.2) is 9.59 Å². The monoisotopic (exact) mass is 213 g/mol. The molecular formula is C9H15N3O3. The minimum atomic E-state index is -0.573. The van der Waals surface area contributed by atoms with Gasteiger partial charge in [0.05, 0.1) is 6.61 Å². The summed E-state index contributed by atoms with van der Waals surface area (Å²) in [7, 11) is 1.53. The fourth-order valence-corrected chi connectivity index (χ4v) is 1.24. The molecule has 0 atom stereocenters. The summed E-state index contributed by atoms with van der Waals surface area (Å²) < 4.78 is 7.38. The van der Waals surface area contributed by atoms with Crippen LogP contribution in [0.2, 0.25) is 0 Å². The molecule has 0 bridgehead atoms. The molecule has 0 unspecified atom stereocenters. The van der Waals surface area contributed by atoms with E-state index in [4.69, 9.17) is 4.74 Å². The van der Waals surface area contributed by atoms with Gasteiger partial charge in [0.15, 0.2) is 0 Å². The summed E-state index contributed by atoms with van der Waals surface area (Å²) in [5, 5.41) is 0. The van der Waals surface area contributed by atoms with Crippen molar-refractivity contribution in [1.29, 1.82) is 0 Å². The van der Waals surface area contributed by atoms with Gasteiger partial charge in [-0.3, -0.25) is 4.57 Å². The Balaban J connectivity index is 3.45. The van der Waals surface area contributed by atoms with E-state index >= 15 is 0 Å². The Labute approximate surface area is 87.1 Å². The summed E-state index contributed by atoms with van der Waals surface area (Å²) in [6.45, 7) is 5.64. The minimum absolute atomic E-state index is 0.0596. The van der Waals surface area contributed by atoms with Gasteiger partial charge in [-0.2, -0.15) is 0 Å². The minimum Gasteiger partial charge on any atom is -0.465 e. The maximum absolute atomic E-state index is 11.7. The number of aromatic nitrogens is 3. The lowest BCUT2D eigenvalue weighted by molar-refractivity contribution is 0.284. The average molecular weight is 213 g/mol. The molecule has 15 heavy (non-hydrogen) atoms. The fourth-order valence-electron chi connectivity index (χ4n) is 1.24. The predicted octanol–water partition coefficient (Wildman–Crippen LogP) is -0.0784. The van der Waals surface area contributed by atoms with Crippen LogP contribution in [-0.2, 0) is 7.05 Å². The molecule has 0 fully saturated rings. The molecule has 1 heterocycles. The number of hydrogen-bond donors (Lipinski definition) is 0. The largest absolute Gasteiger partial charge is 0.465 e. The van der Waals surface area contributed by atoms with Gasteiger partial charge < -0.3 is 4.74 Å². The van der Waals surface area contributed by atoms with Crippen molar-refractivity contribution in [2.24, 2.45) is 7.05 Å². The highest BCUT2D eigenvalue weighted by molar-refractivity contribution is 4.94. The van der Waals surface area contributed by atoms with E-state index < -0.39 is 11.4 Å². The Morgan fingerprint density at radius 3 is 2.47 bits per heavy atom. The van der Waals surface area contributed by atoms with Gasteiger partial charge in [-0.05, 0) is 20.8 Å². The van der Waals surface area contributed by atoms with Gasteiger partial charge in [0, 0.05) is 13.1 Å². The summed E-state index contributed by atoms with van der Waals surface area (Å²) in [6, 6.07) is -0.149. The standard InChI is InChI=1S/C9H15N3O3/c1-5-15-8-10-7(13)12(6(2)3)9(14)11(8)4/h6H,5H2,1-4H3. The lowest BCUT2D eigenvalue weighted by Crippen LogP contribution is -2.42. The molecule has 0 N–H and O–H groups in total. The molecule has 0 saturated heterocycles. The van der Waals surface area contributed by atoms with Crippen molar-refractivity contribution in [1.82, 2.24) is 14.1 Å². The summed E-state index contributed by atoms with van der Waals surface area (Å²) in [5.41, 5.74) is -0.981. The molecule has 0 aliphatic rings. The molecule has 0 aromatic carbocycles. The summed E-state index contributed by atoms with van der Waals surface area (Å²) in [6.07, 6.45) is 0. The van der Waals surface area contributed by atoms with E-state index in [1.54, 1.807) is 20.8 Å². The van der Waals surface area contributed by atoms with Gasteiger partial charge in [-0.1, -0.05) is 0 Å². The van der Waals surface area contributed by atoms with E-state index in [0.29, 0.717) is 6.61 Å². The normalized spacial score (nSPS) is 10.7. The number of ether oxygens (including phenoxy) is 1. The maximum Gasteiger partial charge on any atom is 0.356 e. The van der Waals surface area contributed by atoms with Crippen LogP contribution in [0.1, 0.15) is 26.8 Å². The van der Waals surface area contributed by atoms with Gasteiger partial charge in [0.2, 0.25) is 0 Å². The maximum atomic E-state index is 11.7. The van der Waals surface area contributed by atoms with Crippen molar-refractivity contribution < 1.29 is 4.74 Å². The molecular weight excluding hydrogens is 198 g/mol. The molecule has 6 nitrogen and oxygen atoms in total. The zero-order chi connectivity index (χ0) is 11.6. The Morgan fingerprint density at radius 1 is 1.40 bits per heavy atom. The van der Waals surface area contributed by atoms with Gasteiger partial charge in [-0.25, -0.2) is 14.2 Å². The van der Waals surface area contributed by atoms with E-state index in [9.17, 15) is 9.59 Å². The van der Waals surface area contributed by atoms with Crippen molar-refractivity contribution >= 4 is 0 Å². The van der Waals surface area contributed by atoms with Crippen molar-refractivity contribution in [3.05, 3.63) is 21.0 Å². The second-order valence-corrected chi connectivity index (χ2v) is 3.42. The van der Waals surface area contributed by atoms with Crippen LogP contribution in [0.25, 0.3) is 0 Å². The second kappa shape index (κ2) is 4.29. The third kappa shape index (κ3) is 2.08. The van der Waals surface area contributed by atoms with E-state index in [-0.39, 0.29) is 12.1 Å². The summed E-state index contributed by atoms with van der Waals surface area (Å²) in [4.78, 5) is 26.9. The first-order valence-corrected chi connectivity index (χ1v) is 4.81. The van der Waals surface area contributed by atoms with Crippen LogP contribution < -0.4 is 16.1 Å². The first kappa shape index (κ1) is 11.5. The average Bonchev–Trinajstić information content (AvgIpc) is 2.13. The van der Waals surface area contributed by atoms with E-state index in [1.165, 1.54) is 11.6 Å². The molecule has 0 aliphatic heterocycles. The Hall–Kier alpha value is -1.59. The van der Waals surface area contributed by atoms with Crippen LogP contribution in [0.5, 0.6) is 6.01 Å². The van der Waals surface area contributed by atoms with Gasteiger partial charge in [0.1, 0.15) is 0 Å². The fraction of sp³-hybridized carbons (Fsp3) is 0.667. The first-order valence-electron chi connectivity index (χ1n) is 4.81. The Morgan fingerprint density at radius 2 is 2.00 bits per heavy atom. The summed E-state index contributed by atoms with van der Waals surface area (Å²) in [5.74, 6) is 0. The topological polar surface area (TPSA) is 66.1 Å². The van der Waals surface area contributed by atoms with Crippen LogP contribution in [-0.4, -0.2) is 20.7 Å². The Bertz CT molecular complexity index is 459. The molecule has 1 aromatic rings. The van der Waals surface area contributed by atoms with Crippen molar-refractivity contribution in [2.75, 3.05) is 6.61 Å². The van der Waals surface area contributed by atoms with Gasteiger partial charge in [-0.15, -0.1) is 4.98 Å². The third-order valence-corrected chi connectivity index (χ3v) is 1.97. The third-order valence-electron chi connectivity index (χ3n) is 1.97. The predicted molar refractivity (Wildman–Crippen MR) is 55.3 cm³/mol. The second-order valence-electron chi connectivity index (χ2n) is 3.42. The van der Waals surface area contributed by atoms with Crippen molar-refractivity contribution in [3.63, 3.8) is 0 Å². The van der Waals surface area contributed by atoms with Crippen LogP contribution in [0.3, 0.4) is 0 Å². The van der Waals surface area contributed by atoms with E-state index in [1.807, 2.05) is 0 Å². The lowest BCUT2D eigenvalue weighted by atomic mass is 10.4. The molecule has 0 saturated carbocycles. The zero-order valence-electron chi connectivity index (χ0n) is 9.35. The van der Waals surface area contributed by atoms with Crippen molar-refractivity contribution in [3.8, 4) is 6.01 Å². The van der Waals surface area contributed by atoms with E-state index in [0.717, 1.165) is 4.57 Å². The highest BCUT2D eigenvalue weighted by Crippen LogP contribution is 1.99. The van der Waals surface area contributed by atoms with Gasteiger partial charge >= 0.3 is 17.4 Å². The first-order chi connectivity index (χ1) is 6.99.